The molecule has 1 N–H and O–H groups in total. The Morgan fingerprint density at radius 2 is 2.14 bits per heavy atom. The molecule has 0 spiro atoms. The van der Waals surface area contributed by atoms with E-state index in [1.54, 1.807) is 24.3 Å². The molecule has 106 valence electrons. The van der Waals surface area contributed by atoms with Crippen LogP contribution in [0.1, 0.15) is 10.6 Å². The van der Waals surface area contributed by atoms with Gasteiger partial charge in [0.2, 0.25) is 0 Å². The van der Waals surface area contributed by atoms with E-state index in [0.29, 0.717) is 11.4 Å². The Hall–Kier alpha value is -3.34. The lowest BCUT2D eigenvalue weighted by molar-refractivity contribution is -0.402. The molecule has 0 saturated heterocycles. The number of benzene rings is 1. The van der Waals surface area contributed by atoms with Crippen molar-refractivity contribution < 1.29 is 18.9 Å². The lowest BCUT2D eigenvalue weighted by Crippen LogP contribution is -2.12. The van der Waals surface area contributed by atoms with Gasteiger partial charge in [-0.15, -0.1) is 0 Å². The number of hydrogen-bond acceptors (Lipinski definition) is 6. The largest absolute Gasteiger partial charge is 0.477 e. The minimum atomic E-state index is -0.735. The fraction of sp³-hybridized carbons (Fsp3) is 0.0769. The van der Waals surface area contributed by atoms with Crippen LogP contribution in [-0.4, -0.2) is 17.4 Å². The summed E-state index contributed by atoms with van der Waals surface area (Å²) < 4.78 is 9.95. The first-order valence-electron chi connectivity index (χ1n) is 5.76. The average Bonchev–Trinajstić information content (AvgIpc) is 2.96. The van der Waals surface area contributed by atoms with Crippen molar-refractivity contribution in [3.8, 4) is 11.8 Å². The van der Waals surface area contributed by atoms with Crippen molar-refractivity contribution in [3.05, 3.63) is 52.3 Å². The summed E-state index contributed by atoms with van der Waals surface area (Å²) in [6, 6.07) is 10.6. The number of nitrogens with zero attached hydrogens (tertiary/aromatic N) is 2. The van der Waals surface area contributed by atoms with Gasteiger partial charge >= 0.3 is 5.88 Å². The Morgan fingerprint density at radius 1 is 1.38 bits per heavy atom. The van der Waals surface area contributed by atoms with Crippen molar-refractivity contribution in [2.45, 2.75) is 0 Å². The van der Waals surface area contributed by atoms with Crippen molar-refractivity contribution in [1.82, 2.24) is 0 Å². The molecule has 8 nitrogen and oxygen atoms in total. The summed E-state index contributed by atoms with van der Waals surface area (Å²) >= 11 is 0. The first kappa shape index (κ1) is 14.1. The molecule has 8 heteroatoms. The molecule has 0 aliphatic carbocycles. The molecular weight excluding hydrogens is 278 g/mol. The fourth-order valence-corrected chi connectivity index (χ4v) is 1.54. The molecule has 1 heterocycles. The van der Waals surface area contributed by atoms with E-state index in [9.17, 15) is 14.9 Å². The van der Waals surface area contributed by atoms with E-state index in [2.05, 4.69) is 5.32 Å². The second-order valence-electron chi connectivity index (χ2n) is 3.79. The normalized spacial score (nSPS) is 9.67. The third-order valence-corrected chi connectivity index (χ3v) is 2.42. The van der Waals surface area contributed by atoms with Gasteiger partial charge in [0.05, 0.1) is 11.8 Å². The van der Waals surface area contributed by atoms with Gasteiger partial charge in [-0.1, -0.05) is 12.1 Å². The Kier molecular flexibility index (Phi) is 4.16. The number of nitro groups is 1. The number of amides is 1. The van der Waals surface area contributed by atoms with Gasteiger partial charge in [-0.05, 0) is 18.2 Å². The Balaban J connectivity index is 2.15. The summed E-state index contributed by atoms with van der Waals surface area (Å²) in [5.41, 5.74) is 0.330. The van der Waals surface area contributed by atoms with Crippen LogP contribution in [0.4, 0.5) is 11.6 Å². The van der Waals surface area contributed by atoms with Gasteiger partial charge in [-0.25, -0.2) is 0 Å². The number of ether oxygens (including phenoxy) is 1. The topological polar surface area (TPSA) is 118 Å². The monoisotopic (exact) mass is 287 g/mol. The van der Waals surface area contributed by atoms with E-state index in [4.69, 9.17) is 14.4 Å². The highest BCUT2D eigenvalue weighted by atomic mass is 16.6. The smallest absolute Gasteiger partial charge is 0.433 e. The van der Waals surface area contributed by atoms with Crippen LogP contribution < -0.4 is 10.1 Å². The van der Waals surface area contributed by atoms with Gasteiger partial charge < -0.3 is 14.5 Å². The maximum Gasteiger partial charge on any atom is 0.433 e. The SMILES string of the molecule is N#CCOc1ccccc1NC(=O)c1ccc([N+](=O)[O-])o1. The second-order valence-corrected chi connectivity index (χ2v) is 3.79. The number of nitriles is 1. The van der Waals surface area contributed by atoms with Crippen molar-refractivity contribution in [1.29, 1.82) is 5.26 Å². The molecule has 0 aliphatic rings. The number of carbonyl (C=O) groups excluding carboxylic acids is 1. The Labute approximate surface area is 118 Å². The van der Waals surface area contributed by atoms with Crippen molar-refractivity contribution in [2.75, 3.05) is 11.9 Å². The highest BCUT2D eigenvalue weighted by Gasteiger charge is 2.18. The third kappa shape index (κ3) is 3.36. The standard InChI is InChI=1S/C13H9N3O5/c14-7-8-20-10-4-2-1-3-9(10)15-13(17)11-5-6-12(21-11)16(18)19/h1-6H,8H2,(H,15,17). The molecule has 2 rings (SSSR count). The Bertz CT molecular complexity index is 717. The molecule has 1 aromatic heterocycles. The van der Waals surface area contributed by atoms with Gasteiger partial charge in [-0.3, -0.25) is 14.9 Å². The minimum absolute atomic E-state index is 0.168. The van der Waals surface area contributed by atoms with Crippen LogP contribution in [0.2, 0.25) is 0 Å². The Morgan fingerprint density at radius 3 is 2.81 bits per heavy atom. The quantitative estimate of drug-likeness (QED) is 0.666. The zero-order chi connectivity index (χ0) is 15.2. The van der Waals surface area contributed by atoms with Crippen molar-refractivity contribution in [2.24, 2.45) is 0 Å². The fourth-order valence-electron chi connectivity index (χ4n) is 1.54. The van der Waals surface area contributed by atoms with Crippen LogP contribution in [0, 0.1) is 21.4 Å². The van der Waals surface area contributed by atoms with E-state index in [1.165, 1.54) is 6.07 Å². The first-order valence-corrected chi connectivity index (χ1v) is 5.76. The van der Waals surface area contributed by atoms with E-state index in [0.717, 1.165) is 6.07 Å². The number of nitrogens with one attached hydrogen (secondary N) is 1. The minimum Gasteiger partial charge on any atom is -0.477 e. The molecule has 0 radical (unpaired) electrons. The van der Waals surface area contributed by atoms with Gasteiger partial charge in [0, 0.05) is 0 Å². The molecular formula is C13H9N3O5. The molecule has 0 bridgehead atoms. The molecule has 0 fully saturated rings. The van der Waals surface area contributed by atoms with E-state index < -0.39 is 16.7 Å². The maximum absolute atomic E-state index is 11.9. The van der Waals surface area contributed by atoms with Gasteiger partial charge in [0.15, 0.2) is 12.4 Å². The van der Waals surface area contributed by atoms with Crippen molar-refractivity contribution >= 4 is 17.5 Å². The molecule has 0 atom stereocenters. The van der Waals surface area contributed by atoms with Crippen LogP contribution >= 0.6 is 0 Å². The molecule has 1 amide bonds. The number of hydrogen-bond donors (Lipinski definition) is 1. The number of furan rings is 1. The zero-order valence-electron chi connectivity index (χ0n) is 10.6. The van der Waals surface area contributed by atoms with Gasteiger partial charge in [-0.2, -0.15) is 5.26 Å². The number of anilines is 1. The zero-order valence-corrected chi connectivity index (χ0v) is 10.6. The lowest BCUT2D eigenvalue weighted by Gasteiger charge is -2.09. The number of para-hydroxylation sites is 2. The summed E-state index contributed by atoms with van der Waals surface area (Å²) in [7, 11) is 0. The second kappa shape index (κ2) is 6.21. The van der Waals surface area contributed by atoms with Crippen LogP contribution in [0.15, 0.2) is 40.8 Å². The summed E-state index contributed by atoms with van der Waals surface area (Å²) in [4.78, 5) is 21.7. The molecule has 21 heavy (non-hydrogen) atoms. The van der Waals surface area contributed by atoms with Gasteiger partial charge in [0.25, 0.3) is 5.91 Å². The van der Waals surface area contributed by atoms with E-state index >= 15 is 0 Å². The molecule has 0 aliphatic heterocycles. The molecule has 1 aromatic carbocycles. The summed E-state index contributed by atoms with van der Waals surface area (Å²) in [6.07, 6.45) is 0. The predicted molar refractivity (Wildman–Crippen MR) is 70.9 cm³/mol. The van der Waals surface area contributed by atoms with E-state index in [1.807, 2.05) is 6.07 Å². The predicted octanol–water partition coefficient (Wildman–Crippen LogP) is 2.34. The lowest BCUT2D eigenvalue weighted by atomic mass is 10.3. The van der Waals surface area contributed by atoms with Crippen LogP contribution in [0.3, 0.4) is 0 Å². The molecule has 2 aromatic rings. The third-order valence-electron chi connectivity index (χ3n) is 2.42. The van der Waals surface area contributed by atoms with Crippen molar-refractivity contribution in [3.63, 3.8) is 0 Å². The van der Waals surface area contributed by atoms with E-state index in [-0.39, 0.29) is 12.4 Å². The highest BCUT2D eigenvalue weighted by Crippen LogP contribution is 2.25. The number of carbonyl (C=O) groups is 1. The van der Waals surface area contributed by atoms with Gasteiger partial charge in [0.1, 0.15) is 16.7 Å². The first-order chi connectivity index (χ1) is 10.1. The summed E-state index contributed by atoms with van der Waals surface area (Å²) in [6.45, 7) is -0.168. The molecule has 0 saturated carbocycles. The van der Waals surface area contributed by atoms with Crippen LogP contribution in [0.5, 0.6) is 5.75 Å². The maximum atomic E-state index is 11.9. The highest BCUT2D eigenvalue weighted by molar-refractivity contribution is 6.03. The van der Waals surface area contributed by atoms with Crippen LogP contribution in [0.25, 0.3) is 0 Å². The summed E-state index contributed by atoms with van der Waals surface area (Å²) in [5, 5.41) is 21.5. The summed E-state index contributed by atoms with van der Waals surface area (Å²) in [5.74, 6) is -1.06. The van der Waals surface area contributed by atoms with Crippen LogP contribution in [-0.2, 0) is 0 Å². The molecule has 0 unspecified atom stereocenters. The number of rotatable bonds is 5. The average molecular weight is 287 g/mol.